The van der Waals surface area contributed by atoms with Gasteiger partial charge in [0.05, 0.1) is 10.4 Å². The first-order valence-electron chi connectivity index (χ1n) is 7.10. The molecule has 0 saturated carbocycles. The molecular formula is C16H17Br2NOS. The highest BCUT2D eigenvalue weighted by atomic mass is 79.9. The van der Waals surface area contributed by atoms with Crippen molar-refractivity contribution in [3.8, 4) is 5.75 Å². The molecule has 2 aromatic rings. The predicted molar refractivity (Wildman–Crippen MR) is 95.5 cm³/mol. The van der Waals surface area contributed by atoms with Crippen LogP contribution >= 0.6 is 43.2 Å². The number of ether oxygens (including phenoxy) is 1. The Balaban J connectivity index is 1.90. The van der Waals surface area contributed by atoms with Crippen molar-refractivity contribution in [1.29, 1.82) is 0 Å². The van der Waals surface area contributed by atoms with Crippen LogP contribution in [0.4, 0.5) is 0 Å². The van der Waals surface area contributed by atoms with Crippen LogP contribution < -0.4 is 10.1 Å². The summed E-state index contributed by atoms with van der Waals surface area (Å²) in [6.07, 6.45) is 1.96. The third-order valence-corrected chi connectivity index (χ3v) is 5.83. The molecule has 1 aliphatic heterocycles. The summed E-state index contributed by atoms with van der Waals surface area (Å²) in [5.74, 6) is 1.09. The second-order valence-corrected chi connectivity index (χ2v) is 8.52. The van der Waals surface area contributed by atoms with E-state index in [-0.39, 0.29) is 0 Å². The topological polar surface area (TPSA) is 21.3 Å². The lowest BCUT2D eigenvalue weighted by Crippen LogP contribution is -2.22. The Morgan fingerprint density at radius 2 is 2.19 bits per heavy atom. The standard InChI is InChI=1S/C16H17Br2NOS/c1-2-19-13(14-3-4-15(18)21-14)9-11-8-12(17)7-10-5-6-20-16(10)11/h3-4,7-8,13,19H,2,5-6,9H2,1H3. The van der Waals surface area contributed by atoms with Gasteiger partial charge in [-0.05, 0) is 64.3 Å². The van der Waals surface area contributed by atoms with Crippen LogP contribution in [-0.2, 0) is 12.8 Å². The summed E-state index contributed by atoms with van der Waals surface area (Å²) in [7, 11) is 0. The highest BCUT2D eigenvalue weighted by molar-refractivity contribution is 9.11. The lowest BCUT2D eigenvalue weighted by atomic mass is 10.0. The van der Waals surface area contributed by atoms with Crippen LogP contribution in [0, 0.1) is 0 Å². The molecule has 1 aromatic heterocycles. The summed E-state index contributed by atoms with van der Waals surface area (Å²) in [5.41, 5.74) is 2.61. The van der Waals surface area contributed by atoms with Gasteiger partial charge in [-0.3, -0.25) is 0 Å². The van der Waals surface area contributed by atoms with Crippen LogP contribution in [0.25, 0.3) is 0 Å². The molecule has 1 atom stereocenters. The number of hydrogen-bond acceptors (Lipinski definition) is 3. The summed E-state index contributed by atoms with van der Waals surface area (Å²) in [4.78, 5) is 1.36. The highest BCUT2D eigenvalue weighted by Gasteiger charge is 2.21. The van der Waals surface area contributed by atoms with Crippen LogP contribution in [0.2, 0.25) is 0 Å². The molecule has 0 fully saturated rings. The van der Waals surface area contributed by atoms with Crippen LogP contribution in [0.1, 0.15) is 29.0 Å². The van der Waals surface area contributed by atoms with Crippen LogP contribution in [-0.4, -0.2) is 13.2 Å². The molecule has 2 nitrogen and oxygen atoms in total. The minimum Gasteiger partial charge on any atom is -0.493 e. The smallest absolute Gasteiger partial charge is 0.125 e. The van der Waals surface area contributed by atoms with E-state index in [0.717, 1.165) is 36.2 Å². The number of benzene rings is 1. The normalized spacial score (nSPS) is 14.8. The average Bonchev–Trinajstić information content (AvgIpc) is 3.06. The zero-order chi connectivity index (χ0) is 14.8. The second-order valence-electron chi connectivity index (χ2n) is 5.11. The summed E-state index contributed by atoms with van der Waals surface area (Å²) >= 11 is 8.98. The quantitative estimate of drug-likeness (QED) is 0.712. The molecule has 1 aliphatic rings. The highest BCUT2D eigenvalue weighted by Crippen LogP contribution is 2.37. The van der Waals surface area contributed by atoms with E-state index >= 15 is 0 Å². The second kappa shape index (κ2) is 6.82. The largest absolute Gasteiger partial charge is 0.493 e. The van der Waals surface area contributed by atoms with Crippen molar-refractivity contribution in [2.24, 2.45) is 0 Å². The fourth-order valence-electron chi connectivity index (χ4n) is 2.75. The first-order valence-corrected chi connectivity index (χ1v) is 9.50. The van der Waals surface area contributed by atoms with Crippen LogP contribution in [0.15, 0.2) is 32.5 Å². The first-order chi connectivity index (χ1) is 10.2. The van der Waals surface area contributed by atoms with Gasteiger partial charge in [0.1, 0.15) is 5.75 Å². The molecule has 0 saturated heterocycles. The molecule has 0 aliphatic carbocycles. The van der Waals surface area contributed by atoms with Crippen molar-refractivity contribution < 1.29 is 4.74 Å². The monoisotopic (exact) mass is 429 g/mol. The number of halogens is 2. The van der Waals surface area contributed by atoms with Crippen LogP contribution in [0.5, 0.6) is 5.75 Å². The molecular weight excluding hydrogens is 414 g/mol. The molecule has 2 heterocycles. The van der Waals surface area contributed by atoms with Gasteiger partial charge in [0.15, 0.2) is 0 Å². The van der Waals surface area contributed by atoms with Crippen molar-refractivity contribution in [2.75, 3.05) is 13.2 Å². The maximum atomic E-state index is 5.85. The van der Waals surface area contributed by atoms with E-state index in [2.05, 4.69) is 68.4 Å². The van der Waals surface area contributed by atoms with E-state index in [1.807, 2.05) is 0 Å². The van der Waals surface area contributed by atoms with Gasteiger partial charge < -0.3 is 10.1 Å². The zero-order valence-electron chi connectivity index (χ0n) is 11.8. The number of hydrogen-bond donors (Lipinski definition) is 1. The number of fused-ring (bicyclic) bond motifs is 1. The molecule has 1 unspecified atom stereocenters. The molecule has 0 radical (unpaired) electrons. The van der Waals surface area contributed by atoms with Crippen molar-refractivity contribution >= 4 is 43.2 Å². The van der Waals surface area contributed by atoms with Gasteiger partial charge in [-0.2, -0.15) is 0 Å². The SMILES string of the molecule is CCNC(Cc1cc(Br)cc2c1OCC2)c1ccc(Br)s1. The zero-order valence-corrected chi connectivity index (χ0v) is 15.8. The van der Waals surface area contributed by atoms with E-state index < -0.39 is 0 Å². The average molecular weight is 431 g/mol. The van der Waals surface area contributed by atoms with Crippen molar-refractivity contribution in [1.82, 2.24) is 5.32 Å². The van der Waals surface area contributed by atoms with Gasteiger partial charge in [0.25, 0.3) is 0 Å². The fourth-order valence-corrected chi connectivity index (χ4v) is 4.80. The minimum absolute atomic E-state index is 0.328. The lowest BCUT2D eigenvalue weighted by Gasteiger charge is -2.18. The number of nitrogens with one attached hydrogen (secondary N) is 1. The van der Waals surface area contributed by atoms with Gasteiger partial charge in [-0.1, -0.05) is 22.9 Å². The molecule has 1 N–H and O–H groups in total. The Hall–Kier alpha value is -0.360. The van der Waals surface area contributed by atoms with Gasteiger partial charge >= 0.3 is 0 Å². The summed E-state index contributed by atoms with van der Waals surface area (Å²) in [5, 5.41) is 3.59. The van der Waals surface area contributed by atoms with Gasteiger partial charge in [-0.25, -0.2) is 0 Å². The van der Waals surface area contributed by atoms with Gasteiger partial charge in [0, 0.05) is 21.8 Å². The van der Waals surface area contributed by atoms with Crippen molar-refractivity contribution in [3.63, 3.8) is 0 Å². The van der Waals surface area contributed by atoms with Gasteiger partial charge in [-0.15, -0.1) is 11.3 Å². The Labute approximate surface area is 146 Å². The summed E-state index contributed by atoms with van der Waals surface area (Å²) < 4.78 is 8.17. The van der Waals surface area contributed by atoms with Crippen molar-refractivity contribution in [3.05, 3.63) is 48.5 Å². The Morgan fingerprint density at radius 1 is 1.33 bits per heavy atom. The molecule has 112 valence electrons. The number of likely N-dealkylation sites (N-methyl/N-ethyl adjacent to an activating group) is 1. The van der Waals surface area contributed by atoms with E-state index in [4.69, 9.17) is 4.74 Å². The van der Waals surface area contributed by atoms with Crippen molar-refractivity contribution in [2.45, 2.75) is 25.8 Å². The molecule has 5 heteroatoms. The maximum Gasteiger partial charge on any atom is 0.125 e. The number of rotatable bonds is 5. The molecule has 0 bridgehead atoms. The minimum atomic E-state index is 0.328. The Kier molecular flexibility index (Phi) is 5.04. The third kappa shape index (κ3) is 3.52. The Morgan fingerprint density at radius 3 is 2.90 bits per heavy atom. The van der Waals surface area contributed by atoms with Gasteiger partial charge in [0.2, 0.25) is 0 Å². The molecule has 1 aromatic carbocycles. The Bertz CT molecular complexity index is 641. The maximum absolute atomic E-state index is 5.85. The molecule has 0 spiro atoms. The summed E-state index contributed by atoms with van der Waals surface area (Å²) in [6.45, 7) is 3.91. The van der Waals surface area contributed by atoms with E-state index in [0.29, 0.717) is 6.04 Å². The molecule has 21 heavy (non-hydrogen) atoms. The lowest BCUT2D eigenvalue weighted by molar-refractivity contribution is 0.351. The summed E-state index contributed by atoms with van der Waals surface area (Å²) in [6, 6.07) is 9.01. The number of thiophene rings is 1. The van der Waals surface area contributed by atoms with E-state index in [9.17, 15) is 0 Å². The predicted octanol–water partition coefficient (Wildman–Crippen LogP) is 5.10. The molecule has 0 amide bonds. The third-order valence-electron chi connectivity index (χ3n) is 3.64. The fraction of sp³-hybridized carbons (Fsp3) is 0.375. The first kappa shape index (κ1) is 15.5. The van der Waals surface area contributed by atoms with E-state index in [1.54, 1.807) is 11.3 Å². The van der Waals surface area contributed by atoms with E-state index in [1.165, 1.54) is 19.8 Å². The molecule has 3 rings (SSSR count). The van der Waals surface area contributed by atoms with Crippen LogP contribution in [0.3, 0.4) is 0 Å².